The van der Waals surface area contributed by atoms with Gasteiger partial charge in [-0.2, -0.15) is 0 Å². The molecule has 5 nitrogen and oxygen atoms in total. The molecule has 0 N–H and O–H groups in total. The first kappa shape index (κ1) is 24.9. The molecule has 3 aromatic heterocycles. The van der Waals surface area contributed by atoms with Gasteiger partial charge in [0, 0.05) is 32.0 Å². The molecule has 3 heterocycles. The van der Waals surface area contributed by atoms with Crippen LogP contribution in [0.2, 0.25) is 0 Å². The molecule has 0 saturated carbocycles. The number of halogens is 4. The average Bonchev–Trinajstić information content (AvgIpc) is 2.75. The Balaban J connectivity index is 0.000000224. The van der Waals surface area contributed by atoms with E-state index in [-0.39, 0.29) is 36.9 Å². The van der Waals surface area contributed by atoms with Gasteiger partial charge in [0.15, 0.2) is 0 Å². The zero-order valence-corrected chi connectivity index (χ0v) is 18.6. The summed E-state index contributed by atoms with van der Waals surface area (Å²) >= 11 is 0. The summed E-state index contributed by atoms with van der Waals surface area (Å²) in [7, 11) is 0. The standard InChI is InChI=1S/C12H7F2N2O.C10H5F2N2.Ir/c1-7-3-2-4-10(15-7)8-5-6-9(13)12(16-17)11(8)14;11-9-5-4-7(10(12)14-9)8-3-1-2-6-13-8;/h2-4,6H,1H3;1-3,5-6H;/q2*-1;. The minimum Gasteiger partial charge on any atom is -0.305 e. The zero-order chi connectivity index (χ0) is 22.4. The fourth-order valence-corrected chi connectivity index (χ4v) is 2.51. The number of nitrogens with zero attached hydrogens (tertiary/aromatic N) is 4. The summed E-state index contributed by atoms with van der Waals surface area (Å²) in [6.45, 7) is 1.74. The van der Waals surface area contributed by atoms with Crippen molar-refractivity contribution in [1.82, 2.24) is 15.0 Å². The predicted molar refractivity (Wildman–Crippen MR) is 105 cm³/mol. The molecule has 0 fully saturated rings. The quantitative estimate of drug-likeness (QED) is 0.127. The Morgan fingerprint density at radius 3 is 2.22 bits per heavy atom. The monoisotopic (exact) mass is 617 g/mol. The van der Waals surface area contributed by atoms with Crippen molar-refractivity contribution in [3.05, 3.63) is 101 Å². The molecule has 0 aliphatic carbocycles. The van der Waals surface area contributed by atoms with Crippen LogP contribution in [0.1, 0.15) is 5.69 Å². The van der Waals surface area contributed by atoms with Crippen LogP contribution >= 0.6 is 0 Å². The molecule has 10 heteroatoms. The number of hydrogen-bond acceptors (Lipinski definition) is 5. The summed E-state index contributed by atoms with van der Waals surface area (Å²) in [5, 5.41) is 2.33. The summed E-state index contributed by atoms with van der Waals surface area (Å²) in [4.78, 5) is 21.4. The SMILES string of the molecule is Cc1cccc(-c2[c-]cc(F)c(N=O)c2F)n1.Fc1c[c-]c(-c2ccccn2)c(F)n1.[Ir]. The van der Waals surface area contributed by atoms with Gasteiger partial charge in [0.1, 0.15) is 11.9 Å². The summed E-state index contributed by atoms with van der Waals surface area (Å²) < 4.78 is 52.4. The van der Waals surface area contributed by atoms with Crippen molar-refractivity contribution >= 4 is 5.69 Å². The van der Waals surface area contributed by atoms with Gasteiger partial charge in [-0.1, -0.05) is 41.5 Å². The van der Waals surface area contributed by atoms with Gasteiger partial charge < -0.3 is 9.97 Å². The molecule has 0 aliphatic heterocycles. The second kappa shape index (κ2) is 11.3. The van der Waals surface area contributed by atoms with Crippen molar-refractivity contribution in [2.45, 2.75) is 6.92 Å². The topological polar surface area (TPSA) is 68.1 Å². The van der Waals surface area contributed by atoms with Crippen molar-refractivity contribution in [3.8, 4) is 22.5 Å². The van der Waals surface area contributed by atoms with E-state index in [1.165, 1.54) is 6.20 Å². The van der Waals surface area contributed by atoms with Crippen LogP contribution in [0.4, 0.5) is 23.2 Å². The van der Waals surface area contributed by atoms with Crippen molar-refractivity contribution in [2.24, 2.45) is 5.18 Å². The van der Waals surface area contributed by atoms with Crippen LogP contribution in [0.5, 0.6) is 0 Å². The molecule has 1 aromatic carbocycles. The molecule has 0 unspecified atom stereocenters. The summed E-state index contributed by atoms with van der Waals surface area (Å²) in [5.41, 5.74) is 0.517. The zero-order valence-electron chi connectivity index (χ0n) is 16.2. The van der Waals surface area contributed by atoms with Gasteiger partial charge >= 0.3 is 0 Å². The average molecular weight is 617 g/mol. The Bertz CT molecular complexity index is 1230. The van der Waals surface area contributed by atoms with Gasteiger partial charge in [0.25, 0.3) is 0 Å². The molecule has 0 atom stereocenters. The van der Waals surface area contributed by atoms with E-state index in [1.54, 1.807) is 43.3 Å². The molecule has 4 rings (SSSR count). The molecule has 4 aromatic rings. The fourth-order valence-electron chi connectivity index (χ4n) is 2.51. The minimum atomic E-state index is -1.04. The van der Waals surface area contributed by atoms with Crippen LogP contribution in [-0.2, 0) is 20.1 Å². The summed E-state index contributed by atoms with van der Waals surface area (Å²) in [6, 6.07) is 16.7. The van der Waals surface area contributed by atoms with Gasteiger partial charge in [-0.25, -0.2) is 8.78 Å². The molecule has 0 saturated heterocycles. The number of hydrogen-bond donors (Lipinski definition) is 0. The smallest absolute Gasteiger partial charge is 0.128 e. The van der Waals surface area contributed by atoms with E-state index in [0.29, 0.717) is 11.4 Å². The number of pyridine rings is 3. The number of benzene rings is 1. The molecule has 32 heavy (non-hydrogen) atoms. The van der Waals surface area contributed by atoms with Crippen LogP contribution in [0.25, 0.3) is 22.5 Å². The maximum Gasteiger partial charge on any atom is 0.128 e. The van der Waals surface area contributed by atoms with Crippen LogP contribution in [0, 0.1) is 47.5 Å². The molecular formula is C22H12F4IrN4O-2. The number of rotatable bonds is 3. The van der Waals surface area contributed by atoms with E-state index in [4.69, 9.17) is 0 Å². The van der Waals surface area contributed by atoms with Gasteiger partial charge in [-0.05, 0) is 35.6 Å². The van der Waals surface area contributed by atoms with E-state index in [1.807, 2.05) is 0 Å². The number of nitroso groups, excluding NO2 is 1. The largest absolute Gasteiger partial charge is 0.305 e. The molecule has 0 amide bonds. The second-order valence-corrected chi connectivity index (χ2v) is 6.03. The normalized spacial score (nSPS) is 9.91. The van der Waals surface area contributed by atoms with E-state index >= 15 is 0 Å². The Morgan fingerprint density at radius 1 is 0.875 bits per heavy atom. The second-order valence-electron chi connectivity index (χ2n) is 6.03. The van der Waals surface area contributed by atoms with E-state index in [9.17, 15) is 22.5 Å². The molecule has 1 radical (unpaired) electrons. The first-order valence-electron chi connectivity index (χ1n) is 8.73. The van der Waals surface area contributed by atoms with Crippen LogP contribution in [0.3, 0.4) is 0 Å². The van der Waals surface area contributed by atoms with Crippen molar-refractivity contribution in [1.29, 1.82) is 0 Å². The van der Waals surface area contributed by atoms with Crippen molar-refractivity contribution < 1.29 is 37.7 Å². The third-order valence-electron chi connectivity index (χ3n) is 3.90. The third kappa shape index (κ3) is 5.87. The predicted octanol–water partition coefficient (Wildman–Crippen LogP) is 5.75. The Hall–Kier alpha value is -3.36. The minimum absolute atomic E-state index is 0. The molecule has 165 valence electrons. The van der Waals surface area contributed by atoms with Gasteiger partial charge in [-0.3, -0.25) is 13.8 Å². The maximum absolute atomic E-state index is 13.7. The van der Waals surface area contributed by atoms with Gasteiger partial charge in [0.2, 0.25) is 0 Å². The summed E-state index contributed by atoms with van der Waals surface area (Å²) in [5.74, 6) is -3.86. The summed E-state index contributed by atoms with van der Waals surface area (Å²) in [6.07, 6.45) is 1.52. The van der Waals surface area contributed by atoms with Crippen LogP contribution < -0.4 is 0 Å². The Morgan fingerprint density at radius 2 is 1.59 bits per heavy atom. The number of aromatic nitrogens is 3. The first-order chi connectivity index (χ1) is 14.9. The van der Waals surface area contributed by atoms with E-state index in [0.717, 1.165) is 12.1 Å². The first-order valence-corrected chi connectivity index (χ1v) is 8.73. The number of aryl methyl sites for hydroxylation is 1. The Labute approximate surface area is 193 Å². The molecular weight excluding hydrogens is 604 g/mol. The molecule has 0 aliphatic rings. The third-order valence-corrected chi connectivity index (χ3v) is 3.90. The van der Waals surface area contributed by atoms with Crippen molar-refractivity contribution in [2.75, 3.05) is 0 Å². The van der Waals surface area contributed by atoms with Crippen LogP contribution in [-0.4, -0.2) is 15.0 Å². The molecule has 0 spiro atoms. The molecule has 0 bridgehead atoms. The van der Waals surface area contributed by atoms with Crippen LogP contribution in [0.15, 0.2) is 59.9 Å². The fraction of sp³-hybridized carbons (Fsp3) is 0.0455. The van der Waals surface area contributed by atoms with Gasteiger partial charge in [0.05, 0.1) is 17.3 Å². The van der Waals surface area contributed by atoms with E-state index < -0.39 is 29.2 Å². The van der Waals surface area contributed by atoms with Crippen molar-refractivity contribution in [3.63, 3.8) is 0 Å². The van der Waals surface area contributed by atoms with Gasteiger partial charge in [-0.15, -0.1) is 23.1 Å². The maximum atomic E-state index is 13.7. The van der Waals surface area contributed by atoms with E-state index in [2.05, 4.69) is 32.3 Å². The Kier molecular flexibility index (Phi) is 8.80.